The van der Waals surface area contributed by atoms with Crippen molar-refractivity contribution >= 4 is 22.8 Å². The first-order chi connectivity index (χ1) is 10.2. The van der Waals surface area contributed by atoms with E-state index in [1.54, 1.807) is 6.07 Å². The van der Waals surface area contributed by atoms with Crippen molar-refractivity contribution in [3.63, 3.8) is 0 Å². The number of fused-ring (bicyclic) bond motifs is 1. The normalized spacial score (nSPS) is 10.5. The Labute approximate surface area is 120 Å². The number of benzene rings is 2. The van der Waals surface area contributed by atoms with Crippen LogP contribution < -0.4 is 5.32 Å². The molecule has 3 rings (SSSR count). The average Bonchev–Trinajstić information content (AvgIpc) is 2.88. The molecule has 0 unspecified atom stereocenters. The molecular formula is C15H13N3O3. The van der Waals surface area contributed by atoms with Gasteiger partial charge in [0.25, 0.3) is 0 Å². The van der Waals surface area contributed by atoms with Crippen molar-refractivity contribution in [3.8, 4) is 5.75 Å². The van der Waals surface area contributed by atoms with E-state index in [2.05, 4.69) is 15.5 Å². The Morgan fingerprint density at radius 3 is 2.86 bits per heavy atom. The number of carbonyl (C=O) groups is 1. The summed E-state index contributed by atoms with van der Waals surface area (Å²) in [7, 11) is 0. The van der Waals surface area contributed by atoms with Crippen molar-refractivity contribution in [2.45, 2.75) is 6.61 Å². The lowest BCUT2D eigenvalue weighted by Gasteiger charge is -2.05. The van der Waals surface area contributed by atoms with Gasteiger partial charge in [-0.1, -0.05) is 30.3 Å². The van der Waals surface area contributed by atoms with Gasteiger partial charge >= 0.3 is 6.09 Å². The molecule has 3 aromatic rings. The summed E-state index contributed by atoms with van der Waals surface area (Å²) in [5, 5.41) is 19.4. The predicted molar refractivity (Wildman–Crippen MR) is 78.0 cm³/mol. The largest absolute Gasteiger partial charge is 0.508 e. The van der Waals surface area contributed by atoms with E-state index in [1.165, 1.54) is 12.1 Å². The highest BCUT2D eigenvalue weighted by molar-refractivity contribution is 5.97. The van der Waals surface area contributed by atoms with Crippen LogP contribution in [0.15, 0.2) is 48.5 Å². The second kappa shape index (κ2) is 5.54. The molecule has 2 aromatic carbocycles. The fourth-order valence-electron chi connectivity index (χ4n) is 1.96. The third-order valence-corrected chi connectivity index (χ3v) is 2.98. The molecule has 0 bridgehead atoms. The van der Waals surface area contributed by atoms with E-state index in [9.17, 15) is 9.90 Å². The van der Waals surface area contributed by atoms with Gasteiger partial charge in [0.1, 0.15) is 12.4 Å². The first-order valence-corrected chi connectivity index (χ1v) is 6.37. The first-order valence-electron chi connectivity index (χ1n) is 6.37. The molecule has 0 saturated heterocycles. The number of nitrogens with zero attached hydrogens (tertiary/aromatic N) is 1. The first kappa shape index (κ1) is 13.0. The van der Waals surface area contributed by atoms with Crippen molar-refractivity contribution in [2.24, 2.45) is 0 Å². The molecule has 1 heterocycles. The van der Waals surface area contributed by atoms with Gasteiger partial charge in [-0.2, -0.15) is 5.10 Å². The molecule has 21 heavy (non-hydrogen) atoms. The molecular weight excluding hydrogens is 270 g/mol. The zero-order valence-corrected chi connectivity index (χ0v) is 11.0. The molecule has 106 valence electrons. The highest BCUT2D eigenvalue weighted by atomic mass is 16.5. The molecule has 0 aliphatic rings. The summed E-state index contributed by atoms with van der Waals surface area (Å²) >= 11 is 0. The maximum Gasteiger partial charge on any atom is 0.413 e. The minimum Gasteiger partial charge on any atom is -0.508 e. The number of carbonyl (C=O) groups excluding carboxylic acids is 1. The number of ether oxygens (including phenoxy) is 1. The minimum atomic E-state index is -0.583. The van der Waals surface area contributed by atoms with E-state index in [4.69, 9.17) is 4.74 Å². The fraction of sp³-hybridized carbons (Fsp3) is 0.0667. The number of hydrogen-bond donors (Lipinski definition) is 3. The molecule has 1 aromatic heterocycles. The van der Waals surface area contributed by atoms with E-state index in [1.807, 2.05) is 30.3 Å². The van der Waals surface area contributed by atoms with E-state index in [-0.39, 0.29) is 12.4 Å². The van der Waals surface area contributed by atoms with Crippen LogP contribution in [0.4, 0.5) is 10.6 Å². The van der Waals surface area contributed by atoms with E-state index in [0.717, 1.165) is 5.56 Å². The maximum absolute atomic E-state index is 11.8. The third-order valence-electron chi connectivity index (χ3n) is 2.98. The minimum absolute atomic E-state index is 0.129. The summed E-state index contributed by atoms with van der Waals surface area (Å²) in [5.74, 6) is 0.493. The molecule has 0 aliphatic carbocycles. The zero-order valence-electron chi connectivity index (χ0n) is 11.0. The molecule has 0 radical (unpaired) electrons. The van der Waals surface area contributed by atoms with E-state index in [0.29, 0.717) is 16.7 Å². The molecule has 6 nitrogen and oxygen atoms in total. The number of aromatic amines is 1. The summed E-state index contributed by atoms with van der Waals surface area (Å²) in [6.07, 6.45) is -0.583. The Kier molecular flexibility index (Phi) is 3.42. The molecule has 0 fully saturated rings. The van der Waals surface area contributed by atoms with Gasteiger partial charge in [-0.25, -0.2) is 4.79 Å². The van der Waals surface area contributed by atoms with E-state index < -0.39 is 6.09 Å². The van der Waals surface area contributed by atoms with Crippen molar-refractivity contribution in [2.75, 3.05) is 5.32 Å². The highest BCUT2D eigenvalue weighted by Gasteiger charge is 2.10. The second-order valence-electron chi connectivity index (χ2n) is 4.49. The standard InChI is InChI=1S/C15H13N3O3/c19-11-6-7-12-13(8-11)17-18-14(12)16-15(20)21-9-10-4-2-1-3-5-10/h1-8,19H,9H2,(H2,16,17,18,20). The third kappa shape index (κ3) is 2.94. The molecule has 0 saturated carbocycles. The van der Waals surface area contributed by atoms with Gasteiger partial charge in [0.15, 0.2) is 5.82 Å². The zero-order chi connectivity index (χ0) is 14.7. The number of nitrogens with one attached hydrogen (secondary N) is 2. The number of aromatic hydroxyl groups is 1. The summed E-state index contributed by atoms with van der Waals surface area (Å²) in [6.45, 7) is 0.190. The lowest BCUT2D eigenvalue weighted by atomic mass is 10.2. The monoisotopic (exact) mass is 283 g/mol. The number of phenolic OH excluding ortho intramolecular Hbond substituents is 1. The highest BCUT2D eigenvalue weighted by Crippen LogP contribution is 2.24. The molecule has 0 aliphatic heterocycles. The van der Waals surface area contributed by atoms with Crippen LogP contribution in [0.25, 0.3) is 10.9 Å². The maximum atomic E-state index is 11.8. The van der Waals surface area contributed by atoms with Crippen LogP contribution in [0, 0.1) is 0 Å². The number of aromatic nitrogens is 2. The van der Waals surface area contributed by atoms with Crippen LogP contribution >= 0.6 is 0 Å². The molecule has 0 atom stereocenters. The molecule has 0 spiro atoms. The number of phenols is 1. The van der Waals surface area contributed by atoms with Crippen molar-refractivity contribution in [1.82, 2.24) is 10.2 Å². The van der Waals surface area contributed by atoms with Crippen molar-refractivity contribution in [1.29, 1.82) is 0 Å². The lowest BCUT2D eigenvalue weighted by Crippen LogP contribution is -2.13. The lowest BCUT2D eigenvalue weighted by molar-refractivity contribution is 0.155. The number of H-pyrrole nitrogens is 1. The van der Waals surface area contributed by atoms with Crippen LogP contribution in [-0.2, 0) is 11.3 Å². The smallest absolute Gasteiger partial charge is 0.413 e. The van der Waals surface area contributed by atoms with Gasteiger partial charge in [-0.3, -0.25) is 10.4 Å². The average molecular weight is 283 g/mol. The van der Waals surface area contributed by atoms with Crippen molar-refractivity contribution in [3.05, 3.63) is 54.1 Å². The van der Waals surface area contributed by atoms with Gasteiger partial charge < -0.3 is 9.84 Å². The van der Waals surface area contributed by atoms with Gasteiger partial charge in [-0.05, 0) is 17.7 Å². The van der Waals surface area contributed by atoms with Crippen LogP contribution in [-0.4, -0.2) is 21.4 Å². The Balaban J connectivity index is 1.66. The molecule has 1 amide bonds. The number of rotatable bonds is 3. The Morgan fingerprint density at radius 2 is 2.05 bits per heavy atom. The number of amides is 1. The van der Waals surface area contributed by atoms with E-state index >= 15 is 0 Å². The van der Waals surface area contributed by atoms with Crippen LogP contribution in [0.1, 0.15) is 5.56 Å². The van der Waals surface area contributed by atoms with Crippen LogP contribution in [0.3, 0.4) is 0 Å². The Morgan fingerprint density at radius 1 is 1.24 bits per heavy atom. The summed E-state index contributed by atoms with van der Waals surface area (Å²) in [4.78, 5) is 11.8. The van der Waals surface area contributed by atoms with Gasteiger partial charge in [-0.15, -0.1) is 0 Å². The van der Waals surface area contributed by atoms with Gasteiger partial charge in [0, 0.05) is 11.5 Å². The number of hydrogen-bond acceptors (Lipinski definition) is 4. The summed E-state index contributed by atoms with van der Waals surface area (Å²) in [5.41, 5.74) is 1.54. The van der Waals surface area contributed by atoms with Gasteiger partial charge in [0.05, 0.1) is 5.52 Å². The Hall–Kier alpha value is -3.02. The fourth-order valence-corrected chi connectivity index (χ4v) is 1.96. The summed E-state index contributed by atoms with van der Waals surface area (Å²) < 4.78 is 5.12. The second-order valence-corrected chi connectivity index (χ2v) is 4.49. The molecule has 3 N–H and O–H groups in total. The van der Waals surface area contributed by atoms with Gasteiger partial charge in [0.2, 0.25) is 0 Å². The van der Waals surface area contributed by atoms with Crippen LogP contribution in [0.2, 0.25) is 0 Å². The summed E-state index contributed by atoms with van der Waals surface area (Å²) in [6, 6.07) is 14.1. The van der Waals surface area contributed by atoms with Crippen molar-refractivity contribution < 1.29 is 14.6 Å². The predicted octanol–water partition coefficient (Wildman–Crippen LogP) is 3.02. The molecule has 6 heteroatoms. The quantitative estimate of drug-likeness (QED) is 0.689. The SMILES string of the molecule is O=C(Nc1n[nH]c2cc(O)ccc12)OCc1ccccc1. The Bertz CT molecular complexity index is 768. The topological polar surface area (TPSA) is 87.2 Å². The van der Waals surface area contributed by atoms with Crippen LogP contribution in [0.5, 0.6) is 5.75 Å². The number of anilines is 1.